The van der Waals surface area contributed by atoms with E-state index in [0.29, 0.717) is 16.8 Å². The molecule has 1 fully saturated rings. The third kappa shape index (κ3) is 2.86. The molecule has 124 valence electrons. The van der Waals surface area contributed by atoms with E-state index in [0.717, 1.165) is 30.3 Å². The number of benzene rings is 1. The van der Waals surface area contributed by atoms with Gasteiger partial charge in [0.2, 0.25) is 10.0 Å². The van der Waals surface area contributed by atoms with Crippen molar-refractivity contribution >= 4 is 20.9 Å². The van der Waals surface area contributed by atoms with Gasteiger partial charge in [-0.2, -0.15) is 4.31 Å². The molecule has 0 bridgehead atoms. The zero-order chi connectivity index (χ0) is 16.6. The highest BCUT2D eigenvalue weighted by Crippen LogP contribution is 2.31. The van der Waals surface area contributed by atoms with E-state index in [1.165, 1.54) is 0 Å². The lowest BCUT2D eigenvalue weighted by molar-refractivity contribution is 0.227. The molecule has 0 spiro atoms. The topological polar surface area (TPSA) is 76.3 Å². The Hall–Kier alpha value is -1.50. The van der Waals surface area contributed by atoms with Crippen molar-refractivity contribution in [2.75, 3.05) is 6.54 Å². The average molecular weight is 333 g/mol. The van der Waals surface area contributed by atoms with Gasteiger partial charge in [0, 0.05) is 30.2 Å². The van der Waals surface area contributed by atoms with Crippen molar-refractivity contribution in [3.05, 3.63) is 36.0 Å². The highest BCUT2D eigenvalue weighted by molar-refractivity contribution is 7.89. The molecule has 1 aromatic carbocycles. The summed E-state index contributed by atoms with van der Waals surface area (Å²) in [6, 6.07) is 6.81. The summed E-state index contributed by atoms with van der Waals surface area (Å²) in [6.45, 7) is 4.36. The minimum absolute atomic E-state index is 0.137. The first-order valence-corrected chi connectivity index (χ1v) is 9.48. The summed E-state index contributed by atoms with van der Waals surface area (Å²) in [5.74, 6) is 0. The standard InChI is InChI=1S/C17H23N3O2S/c1-12-8-9-16(14-6-5-10-19-17(12)14)23(21,22)20-11-4-3-7-15(20)13(2)18/h5-6,8-10,13,15H,3-4,7,11,18H2,1-2H3/t13-,15-/m0/s1. The Morgan fingerprint density at radius 1 is 1.30 bits per heavy atom. The summed E-state index contributed by atoms with van der Waals surface area (Å²) in [5.41, 5.74) is 7.76. The van der Waals surface area contributed by atoms with E-state index < -0.39 is 10.0 Å². The van der Waals surface area contributed by atoms with Crippen molar-refractivity contribution in [2.45, 2.75) is 50.1 Å². The van der Waals surface area contributed by atoms with Crippen LogP contribution in [0.15, 0.2) is 35.4 Å². The number of rotatable bonds is 3. The number of fused-ring (bicyclic) bond motifs is 1. The van der Waals surface area contributed by atoms with Crippen LogP contribution in [0.25, 0.3) is 10.9 Å². The van der Waals surface area contributed by atoms with Crippen LogP contribution in [-0.4, -0.2) is 36.3 Å². The second kappa shape index (κ2) is 6.19. The van der Waals surface area contributed by atoms with Gasteiger partial charge in [0.1, 0.15) is 0 Å². The minimum Gasteiger partial charge on any atom is -0.326 e. The zero-order valence-electron chi connectivity index (χ0n) is 13.6. The van der Waals surface area contributed by atoms with Crippen LogP contribution in [0.3, 0.4) is 0 Å². The van der Waals surface area contributed by atoms with Crippen LogP contribution in [0.2, 0.25) is 0 Å². The highest BCUT2D eigenvalue weighted by atomic mass is 32.2. The van der Waals surface area contributed by atoms with Gasteiger partial charge in [-0.25, -0.2) is 8.42 Å². The molecular formula is C17H23N3O2S. The van der Waals surface area contributed by atoms with E-state index in [4.69, 9.17) is 5.73 Å². The zero-order valence-corrected chi connectivity index (χ0v) is 14.4. The second-order valence-electron chi connectivity index (χ2n) is 6.32. The van der Waals surface area contributed by atoms with E-state index in [2.05, 4.69) is 4.98 Å². The molecule has 0 unspecified atom stereocenters. The fourth-order valence-corrected chi connectivity index (χ4v) is 5.35. The Labute approximate surface area is 137 Å². The summed E-state index contributed by atoms with van der Waals surface area (Å²) in [4.78, 5) is 4.68. The number of nitrogens with zero attached hydrogens (tertiary/aromatic N) is 2. The molecule has 2 heterocycles. The third-order valence-corrected chi connectivity index (χ3v) is 6.61. The fourth-order valence-electron chi connectivity index (χ4n) is 3.39. The number of piperidine rings is 1. The maximum absolute atomic E-state index is 13.3. The van der Waals surface area contributed by atoms with Crippen molar-refractivity contribution in [1.29, 1.82) is 0 Å². The first-order valence-electron chi connectivity index (χ1n) is 8.04. The summed E-state index contributed by atoms with van der Waals surface area (Å²) >= 11 is 0. The van der Waals surface area contributed by atoms with Gasteiger partial charge in [-0.3, -0.25) is 4.98 Å². The van der Waals surface area contributed by atoms with E-state index >= 15 is 0 Å². The predicted octanol–water partition coefficient (Wildman–Crippen LogP) is 2.43. The summed E-state index contributed by atoms with van der Waals surface area (Å²) < 4.78 is 28.1. The smallest absolute Gasteiger partial charge is 0.244 e. The average Bonchev–Trinajstić information content (AvgIpc) is 2.55. The van der Waals surface area contributed by atoms with Crippen molar-refractivity contribution in [3.8, 4) is 0 Å². The number of aromatic nitrogens is 1. The molecule has 5 nitrogen and oxygen atoms in total. The number of hydrogen-bond acceptors (Lipinski definition) is 4. The Morgan fingerprint density at radius 3 is 2.83 bits per heavy atom. The van der Waals surface area contributed by atoms with E-state index in [9.17, 15) is 8.42 Å². The van der Waals surface area contributed by atoms with Gasteiger partial charge in [0.15, 0.2) is 0 Å². The molecule has 2 atom stereocenters. The Balaban J connectivity index is 2.15. The molecule has 1 aromatic heterocycles. The van der Waals surface area contributed by atoms with Crippen molar-refractivity contribution in [2.24, 2.45) is 5.73 Å². The number of hydrogen-bond donors (Lipinski definition) is 1. The van der Waals surface area contributed by atoms with Crippen LogP contribution in [0.1, 0.15) is 31.7 Å². The molecule has 0 saturated carbocycles. The molecule has 1 aliphatic heterocycles. The van der Waals surface area contributed by atoms with Gasteiger partial charge in [-0.05, 0) is 50.5 Å². The van der Waals surface area contributed by atoms with Crippen molar-refractivity contribution < 1.29 is 8.42 Å². The summed E-state index contributed by atoms with van der Waals surface area (Å²) in [6.07, 6.45) is 4.41. The molecule has 0 aliphatic carbocycles. The Morgan fingerprint density at radius 2 is 2.09 bits per heavy atom. The van der Waals surface area contributed by atoms with Gasteiger partial charge < -0.3 is 5.73 Å². The van der Waals surface area contributed by atoms with E-state index in [-0.39, 0.29) is 12.1 Å². The molecular weight excluding hydrogens is 310 g/mol. The number of aryl methyl sites for hydroxylation is 1. The molecule has 2 N–H and O–H groups in total. The third-order valence-electron chi connectivity index (χ3n) is 4.62. The highest BCUT2D eigenvalue weighted by Gasteiger charge is 2.36. The summed E-state index contributed by atoms with van der Waals surface area (Å²) in [5, 5.41) is 0.682. The number of sulfonamides is 1. The number of pyridine rings is 1. The SMILES string of the molecule is Cc1ccc(S(=O)(=O)N2CCCC[C@H]2[C@H](C)N)c2cccnc12. The maximum Gasteiger partial charge on any atom is 0.244 e. The van der Waals surface area contributed by atoms with E-state index in [1.54, 1.807) is 22.6 Å². The molecule has 23 heavy (non-hydrogen) atoms. The number of nitrogens with two attached hydrogens (primary N) is 1. The summed E-state index contributed by atoms with van der Waals surface area (Å²) in [7, 11) is -3.59. The maximum atomic E-state index is 13.3. The van der Waals surface area contributed by atoms with Gasteiger partial charge in [-0.1, -0.05) is 12.5 Å². The molecule has 6 heteroatoms. The van der Waals surface area contributed by atoms with Crippen LogP contribution < -0.4 is 5.73 Å². The predicted molar refractivity (Wildman–Crippen MR) is 91.7 cm³/mol. The lowest BCUT2D eigenvalue weighted by atomic mass is 10.00. The Bertz CT molecular complexity index is 818. The first-order chi connectivity index (χ1) is 10.9. The molecule has 3 rings (SSSR count). The fraction of sp³-hybridized carbons (Fsp3) is 0.471. The first kappa shape index (κ1) is 16.4. The van der Waals surface area contributed by atoms with Gasteiger partial charge in [0.25, 0.3) is 0 Å². The second-order valence-corrected chi connectivity index (χ2v) is 8.18. The molecule has 2 aromatic rings. The molecule has 1 saturated heterocycles. The lowest BCUT2D eigenvalue weighted by Gasteiger charge is -2.37. The van der Waals surface area contributed by atoms with Crippen molar-refractivity contribution in [1.82, 2.24) is 9.29 Å². The van der Waals surface area contributed by atoms with Crippen LogP contribution >= 0.6 is 0 Å². The van der Waals surface area contributed by atoms with Crippen molar-refractivity contribution in [3.63, 3.8) is 0 Å². The quantitative estimate of drug-likeness (QED) is 0.936. The van der Waals surface area contributed by atoms with Gasteiger partial charge >= 0.3 is 0 Å². The van der Waals surface area contributed by atoms with Crippen LogP contribution in [0, 0.1) is 6.92 Å². The largest absolute Gasteiger partial charge is 0.326 e. The van der Waals surface area contributed by atoms with Crippen LogP contribution in [-0.2, 0) is 10.0 Å². The van der Waals surface area contributed by atoms with Gasteiger partial charge in [0.05, 0.1) is 10.4 Å². The van der Waals surface area contributed by atoms with Crippen LogP contribution in [0.4, 0.5) is 0 Å². The normalized spacial score (nSPS) is 21.4. The van der Waals surface area contributed by atoms with E-state index in [1.807, 2.05) is 26.0 Å². The lowest BCUT2D eigenvalue weighted by Crippen LogP contribution is -2.51. The molecule has 0 amide bonds. The van der Waals surface area contributed by atoms with Gasteiger partial charge in [-0.15, -0.1) is 0 Å². The monoisotopic (exact) mass is 333 g/mol. The molecule has 0 radical (unpaired) electrons. The van der Waals surface area contributed by atoms with Crippen LogP contribution in [0.5, 0.6) is 0 Å². The Kier molecular flexibility index (Phi) is 4.40. The minimum atomic E-state index is -3.59. The molecule has 1 aliphatic rings.